The number of methoxy groups -OCH3 is 1. The fourth-order valence-corrected chi connectivity index (χ4v) is 4.20. The third kappa shape index (κ3) is 6.03. The van der Waals surface area contributed by atoms with Crippen LogP contribution in [0.2, 0.25) is 0 Å². The van der Waals surface area contributed by atoms with Gasteiger partial charge in [0, 0.05) is 12.1 Å². The van der Waals surface area contributed by atoms with Crippen molar-refractivity contribution in [2.24, 2.45) is 0 Å². The van der Waals surface area contributed by atoms with Gasteiger partial charge in [0.15, 0.2) is 5.13 Å². The van der Waals surface area contributed by atoms with Gasteiger partial charge in [-0.25, -0.2) is 9.78 Å². The summed E-state index contributed by atoms with van der Waals surface area (Å²) in [7, 11) is 5.37. The summed E-state index contributed by atoms with van der Waals surface area (Å²) in [5, 5.41) is 0.694. The van der Waals surface area contributed by atoms with E-state index in [1.807, 2.05) is 20.2 Å². The summed E-state index contributed by atoms with van der Waals surface area (Å²) in [6.45, 7) is 3.56. The quantitative estimate of drug-likeness (QED) is 0.456. The molecule has 0 fully saturated rings. The monoisotopic (exact) mass is 461 g/mol. The molecule has 2 aromatic carbocycles. The van der Waals surface area contributed by atoms with Crippen LogP contribution in [0.15, 0.2) is 42.5 Å². The molecule has 0 atom stereocenters. The van der Waals surface area contributed by atoms with Crippen LogP contribution in [0.3, 0.4) is 0 Å². The molecule has 0 N–H and O–H groups in total. The summed E-state index contributed by atoms with van der Waals surface area (Å²) in [5.74, 6) is -0.547. The number of thiazole rings is 1. The fraction of sp³-hybridized carbons (Fsp3) is 0.348. The maximum absolute atomic E-state index is 13.3. The van der Waals surface area contributed by atoms with Crippen LogP contribution in [0.5, 0.6) is 0 Å². The van der Waals surface area contributed by atoms with E-state index >= 15 is 0 Å². The van der Waals surface area contributed by atoms with Crippen LogP contribution in [-0.4, -0.2) is 56.1 Å². The lowest BCUT2D eigenvalue weighted by Crippen LogP contribution is -2.33. The second-order valence-corrected chi connectivity index (χ2v) is 8.34. The standard InChI is InChI=1S/C23H27N3O3S.ClH/c1-5-16-7-12-19-20(15-16)30-23(24-19)26(14-6-13-25(2)3)21(27)17-8-10-18(11-9-17)22(28)29-4;/h7-12,15H,5-6,13-14H2,1-4H3;1H. The summed E-state index contributed by atoms with van der Waals surface area (Å²) < 4.78 is 5.81. The molecule has 1 amide bonds. The van der Waals surface area contributed by atoms with Crippen molar-refractivity contribution in [2.75, 3.05) is 39.2 Å². The zero-order chi connectivity index (χ0) is 21.7. The molecule has 31 heavy (non-hydrogen) atoms. The molecule has 3 rings (SSSR count). The van der Waals surface area contributed by atoms with Crippen LogP contribution in [0.1, 0.15) is 39.6 Å². The molecule has 1 aromatic heterocycles. The maximum atomic E-state index is 13.3. The number of carbonyl (C=O) groups excluding carboxylic acids is 2. The number of hydrogen-bond acceptors (Lipinski definition) is 6. The van der Waals surface area contributed by atoms with E-state index in [-0.39, 0.29) is 18.3 Å². The second-order valence-electron chi connectivity index (χ2n) is 7.33. The molecule has 0 aliphatic carbocycles. The minimum atomic E-state index is -0.422. The van der Waals surface area contributed by atoms with E-state index in [0.29, 0.717) is 22.8 Å². The molecule has 0 unspecified atom stereocenters. The van der Waals surface area contributed by atoms with E-state index in [1.165, 1.54) is 24.0 Å². The number of hydrogen-bond donors (Lipinski definition) is 0. The molecule has 0 radical (unpaired) electrons. The van der Waals surface area contributed by atoms with E-state index in [9.17, 15) is 9.59 Å². The highest BCUT2D eigenvalue weighted by Crippen LogP contribution is 2.31. The zero-order valence-electron chi connectivity index (χ0n) is 18.3. The van der Waals surface area contributed by atoms with Gasteiger partial charge < -0.3 is 9.64 Å². The Morgan fingerprint density at radius 1 is 1.03 bits per heavy atom. The van der Waals surface area contributed by atoms with Gasteiger partial charge in [0.25, 0.3) is 5.91 Å². The van der Waals surface area contributed by atoms with Crippen molar-refractivity contribution in [1.29, 1.82) is 0 Å². The summed E-state index contributed by atoms with van der Waals surface area (Å²) in [6.07, 6.45) is 1.79. The summed E-state index contributed by atoms with van der Waals surface area (Å²) in [5.41, 5.74) is 3.08. The Bertz CT molecular complexity index is 1030. The van der Waals surface area contributed by atoms with Crippen LogP contribution in [0.4, 0.5) is 5.13 Å². The Hall–Kier alpha value is -2.48. The van der Waals surface area contributed by atoms with Gasteiger partial charge in [0.05, 0.1) is 22.9 Å². The number of ether oxygens (including phenoxy) is 1. The van der Waals surface area contributed by atoms with Gasteiger partial charge in [-0.1, -0.05) is 24.3 Å². The first-order valence-electron chi connectivity index (χ1n) is 9.97. The Morgan fingerprint density at radius 2 is 1.71 bits per heavy atom. The molecule has 166 valence electrons. The number of aromatic nitrogens is 1. The van der Waals surface area contributed by atoms with Crippen molar-refractivity contribution in [3.05, 3.63) is 59.2 Å². The lowest BCUT2D eigenvalue weighted by Gasteiger charge is -2.21. The SMILES string of the molecule is CCc1ccc2nc(N(CCCN(C)C)C(=O)c3ccc(C(=O)OC)cc3)sc2c1.Cl. The molecule has 0 saturated carbocycles. The van der Waals surface area contributed by atoms with Gasteiger partial charge in [0.1, 0.15) is 0 Å². The van der Waals surface area contributed by atoms with Crippen LogP contribution >= 0.6 is 23.7 Å². The Morgan fingerprint density at radius 3 is 2.32 bits per heavy atom. The van der Waals surface area contributed by atoms with Crippen LogP contribution < -0.4 is 4.90 Å². The third-order valence-electron chi connectivity index (χ3n) is 4.87. The lowest BCUT2D eigenvalue weighted by atomic mass is 10.1. The third-order valence-corrected chi connectivity index (χ3v) is 5.91. The largest absolute Gasteiger partial charge is 0.465 e. The van der Waals surface area contributed by atoms with Crippen LogP contribution in [0, 0.1) is 0 Å². The number of anilines is 1. The molecular formula is C23H28ClN3O3S. The number of esters is 1. The molecule has 6 nitrogen and oxygen atoms in total. The highest BCUT2D eigenvalue weighted by molar-refractivity contribution is 7.22. The Labute approximate surface area is 193 Å². The van der Waals surface area contributed by atoms with Gasteiger partial charge in [-0.3, -0.25) is 9.69 Å². The zero-order valence-corrected chi connectivity index (χ0v) is 19.9. The number of fused-ring (bicyclic) bond motifs is 1. The maximum Gasteiger partial charge on any atom is 0.337 e. The van der Waals surface area contributed by atoms with Gasteiger partial charge >= 0.3 is 5.97 Å². The summed E-state index contributed by atoms with van der Waals surface area (Å²) in [6, 6.07) is 12.8. The van der Waals surface area contributed by atoms with Crippen LogP contribution in [-0.2, 0) is 11.2 Å². The number of nitrogens with zero attached hydrogens (tertiary/aromatic N) is 3. The Kier molecular flexibility index (Phi) is 8.98. The second kappa shape index (κ2) is 11.2. The first-order valence-corrected chi connectivity index (χ1v) is 10.8. The molecular weight excluding hydrogens is 434 g/mol. The fourth-order valence-electron chi connectivity index (χ4n) is 3.14. The van der Waals surface area contributed by atoms with Gasteiger partial charge in [-0.2, -0.15) is 0 Å². The van der Waals surface area contributed by atoms with E-state index in [1.54, 1.807) is 29.2 Å². The van der Waals surface area contributed by atoms with Gasteiger partial charge in [-0.05, 0) is 75.4 Å². The van der Waals surface area contributed by atoms with Crippen molar-refractivity contribution >= 4 is 51.0 Å². The Balaban J connectivity index is 0.00000341. The average molecular weight is 462 g/mol. The predicted octanol–water partition coefficient (Wildman–Crippen LogP) is 4.67. The van der Waals surface area contributed by atoms with E-state index in [4.69, 9.17) is 9.72 Å². The number of amides is 1. The lowest BCUT2D eigenvalue weighted by molar-refractivity contribution is 0.0600. The minimum absolute atomic E-state index is 0. The molecule has 8 heteroatoms. The highest BCUT2D eigenvalue weighted by atomic mass is 35.5. The number of benzene rings is 2. The summed E-state index contributed by atoms with van der Waals surface area (Å²) in [4.78, 5) is 33.6. The van der Waals surface area contributed by atoms with Gasteiger partial charge in [0.2, 0.25) is 0 Å². The first kappa shape index (κ1) is 24.8. The molecule has 0 bridgehead atoms. The number of carbonyl (C=O) groups is 2. The normalized spacial score (nSPS) is 10.7. The smallest absolute Gasteiger partial charge is 0.337 e. The highest BCUT2D eigenvalue weighted by Gasteiger charge is 2.21. The van der Waals surface area contributed by atoms with Crippen LogP contribution in [0.25, 0.3) is 10.2 Å². The van der Waals surface area contributed by atoms with E-state index in [0.717, 1.165) is 29.6 Å². The molecule has 0 saturated heterocycles. The van der Waals surface area contributed by atoms with Crippen molar-refractivity contribution in [3.63, 3.8) is 0 Å². The van der Waals surface area contributed by atoms with E-state index in [2.05, 4.69) is 24.0 Å². The molecule has 1 heterocycles. The van der Waals surface area contributed by atoms with Crippen molar-refractivity contribution in [3.8, 4) is 0 Å². The first-order chi connectivity index (χ1) is 14.4. The van der Waals surface area contributed by atoms with E-state index < -0.39 is 5.97 Å². The molecule has 0 aliphatic heterocycles. The summed E-state index contributed by atoms with van der Waals surface area (Å²) >= 11 is 1.53. The predicted molar refractivity (Wildman–Crippen MR) is 129 cm³/mol. The van der Waals surface area contributed by atoms with Crippen molar-refractivity contribution < 1.29 is 14.3 Å². The topological polar surface area (TPSA) is 62.7 Å². The number of rotatable bonds is 8. The number of halogens is 1. The average Bonchev–Trinajstić information content (AvgIpc) is 3.18. The molecule has 0 aliphatic rings. The van der Waals surface area contributed by atoms with Gasteiger partial charge in [-0.15, -0.1) is 12.4 Å². The minimum Gasteiger partial charge on any atom is -0.465 e. The van der Waals surface area contributed by atoms with Crippen molar-refractivity contribution in [1.82, 2.24) is 9.88 Å². The van der Waals surface area contributed by atoms with Crippen molar-refractivity contribution in [2.45, 2.75) is 19.8 Å². The number of aryl methyl sites for hydroxylation is 1. The molecule has 0 spiro atoms. The molecule has 3 aromatic rings.